The number of hydrogen-bond donors (Lipinski definition) is 0. The second-order valence-corrected chi connectivity index (χ2v) is 12.3. The van der Waals surface area contributed by atoms with Crippen molar-refractivity contribution in [1.82, 2.24) is 0 Å². The zero-order valence-corrected chi connectivity index (χ0v) is 23.8. The van der Waals surface area contributed by atoms with Crippen LogP contribution in [0, 0.1) is 0 Å². The third-order valence-electron chi connectivity index (χ3n) is 4.93. The van der Waals surface area contributed by atoms with Gasteiger partial charge in [0.1, 0.15) is 0 Å². The van der Waals surface area contributed by atoms with E-state index in [2.05, 4.69) is 80.3 Å². The van der Waals surface area contributed by atoms with E-state index in [1.165, 1.54) is 63.0 Å². The summed E-state index contributed by atoms with van der Waals surface area (Å²) >= 11 is -1.09. The van der Waals surface area contributed by atoms with Crippen molar-refractivity contribution < 1.29 is 42.4 Å². The minimum absolute atomic E-state index is 0. The molecule has 4 nitrogen and oxygen atoms in total. The minimum Gasteiger partial charge on any atom is -1.00 e. The summed E-state index contributed by atoms with van der Waals surface area (Å²) in [6.07, 6.45) is 7.52. The van der Waals surface area contributed by atoms with Crippen LogP contribution in [-0.2, 0) is 33.0 Å². The fourth-order valence-corrected chi connectivity index (χ4v) is 8.58. The number of halogens is 2. The molecule has 2 aliphatic heterocycles. The first kappa shape index (κ1) is 31.7. The predicted molar refractivity (Wildman–Crippen MR) is 128 cm³/mol. The molecule has 0 unspecified atom stereocenters. The molecule has 0 N–H and O–H groups in total. The van der Waals surface area contributed by atoms with E-state index in [0.717, 1.165) is 26.4 Å². The van der Waals surface area contributed by atoms with Gasteiger partial charge in [-0.1, -0.05) is 0 Å². The number of para-hydroxylation sites is 2. The Labute approximate surface area is 211 Å². The third kappa shape index (κ3) is 13.9. The Kier molecular flexibility index (Phi) is 20.4. The summed E-state index contributed by atoms with van der Waals surface area (Å²) in [5, 5.41) is 0. The number of nitrogens with zero attached hydrogens (tertiary/aromatic N) is 2. The van der Waals surface area contributed by atoms with Crippen LogP contribution in [0.15, 0.2) is 60.7 Å². The molecular weight excluding hydrogens is 589 g/mol. The van der Waals surface area contributed by atoms with Crippen LogP contribution in [0.2, 0.25) is 0 Å². The van der Waals surface area contributed by atoms with Crippen LogP contribution in [0.4, 0.5) is 11.4 Å². The predicted octanol–water partition coefficient (Wildman–Crippen LogP) is 0.334. The van der Waals surface area contributed by atoms with Gasteiger partial charge in [0.25, 0.3) is 0 Å². The van der Waals surface area contributed by atoms with E-state index in [0.29, 0.717) is 0 Å². The molecule has 2 aromatic carbocycles. The first-order valence-corrected chi connectivity index (χ1v) is 15.1. The molecule has 0 saturated carbocycles. The van der Waals surface area contributed by atoms with Gasteiger partial charge in [-0.2, -0.15) is 0 Å². The van der Waals surface area contributed by atoms with Crippen LogP contribution in [0.5, 0.6) is 0 Å². The standard InChI is InChI=1S/2C9H12N.2C4H8O.2FH.Hf/c2*1-2-8-10-9-6-4-3-5-7-9;2*1-2-4-5-3-1;;;/h2*3-7H,2,8H2,1H3;2*1-4H2;2*1H;/q2*-1;;;;;+4/p-2. The Balaban J connectivity index is 0.000000701. The summed E-state index contributed by atoms with van der Waals surface area (Å²) in [6, 6.07) is 21.8. The maximum absolute atomic E-state index is 4.94. The molecule has 2 aromatic rings. The average molecular weight is 629 g/mol. The zero-order valence-electron chi connectivity index (χ0n) is 20.2. The minimum atomic E-state index is -1.09. The summed E-state index contributed by atoms with van der Waals surface area (Å²) in [5.74, 6) is 0. The van der Waals surface area contributed by atoms with Gasteiger partial charge in [-0.05, 0) is 25.7 Å². The normalized spacial score (nSPS) is 13.6. The van der Waals surface area contributed by atoms with Gasteiger partial charge in [0.05, 0.1) is 0 Å². The van der Waals surface area contributed by atoms with Gasteiger partial charge in [-0.3, -0.25) is 0 Å². The smallest absolute Gasteiger partial charge is 1.00 e. The van der Waals surface area contributed by atoms with Crippen molar-refractivity contribution in [1.29, 1.82) is 0 Å². The summed E-state index contributed by atoms with van der Waals surface area (Å²) in [7, 11) is 0. The van der Waals surface area contributed by atoms with Gasteiger partial charge < -0.3 is 18.9 Å². The van der Waals surface area contributed by atoms with Crippen LogP contribution >= 0.6 is 0 Å². The molecule has 184 valence electrons. The van der Waals surface area contributed by atoms with E-state index in [-0.39, 0.29) is 9.41 Å². The average Bonchev–Trinajstić information content (AvgIpc) is 3.59. The Morgan fingerprint density at radius 2 is 0.939 bits per heavy atom. The molecule has 7 heteroatoms. The first-order chi connectivity index (χ1) is 15.3. The van der Waals surface area contributed by atoms with Gasteiger partial charge in [0, 0.05) is 26.4 Å². The van der Waals surface area contributed by atoms with Crippen LogP contribution in [0.1, 0.15) is 52.4 Å². The molecule has 33 heavy (non-hydrogen) atoms. The third-order valence-corrected chi connectivity index (χ3v) is 10.1. The number of benzene rings is 2. The first-order valence-electron chi connectivity index (χ1n) is 11.9. The van der Waals surface area contributed by atoms with Crippen LogP contribution in [-0.4, -0.2) is 39.5 Å². The summed E-state index contributed by atoms with van der Waals surface area (Å²) in [4.78, 5) is 0. The molecule has 2 saturated heterocycles. The zero-order chi connectivity index (χ0) is 22.0. The number of anilines is 2. The van der Waals surface area contributed by atoms with E-state index in [1.54, 1.807) is 0 Å². The van der Waals surface area contributed by atoms with Crippen molar-refractivity contribution >= 4 is 11.4 Å². The van der Waals surface area contributed by atoms with Crippen LogP contribution in [0.3, 0.4) is 0 Å². The summed E-state index contributed by atoms with van der Waals surface area (Å²) in [6.45, 7) is 10.9. The quantitative estimate of drug-likeness (QED) is 0.394. The molecule has 0 radical (unpaired) electrons. The van der Waals surface area contributed by atoms with Crippen molar-refractivity contribution in [2.45, 2.75) is 52.4 Å². The monoisotopic (exact) mass is 630 g/mol. The molecule has 2 aliphatic rings. The van der Waals surface area contributed by atoms with Crippen LogP contribution < -0.4 is 15.2 Å². The Morgan fingerprint density at radius 1 is 0.606 bits per heavy atom. The molecule has 0 aliphatic carbocycles. The van der Waals surface area contributed by atoms with Gasteiger partial charge in [-0.25, -0.2) is 0 Å². The fraction of sp³-hybridized carbons (Fsp3) is 0.538. The van der Waals surface area contributed by atoms with E-state index in [4.69, 9.17) is 9.47 Å². The van der Waals surface area contributed by atoms with Crippen molar-refractivity contribution in [3.63, 3.8) is 0 Å². The summed E-state index contributed by atoms with van der Waals surface area (Å²) in [5.41, 5.74) is 2.78. The Hall–Kier alpha value is -1.31. The molecular formula is C26H40F2HfN2O2. The molecule has 2 fully saturated rings. The Morgan fingerprint density at radius 3 is 1.18 bits per heavy atom. The van der Waals surface area contributed by atoms with E-state index >= 15 is 0 Å². The number of ether oxygens (including phenoxy) is 2. The van der Waals surface area contributed by atoms with E-state index < -0.39 is 23.5 Å². The second-order valence-electron chi connectivity index (χ2n) is 7.71. The van der Waals surface area contributed by atoms with Crippen molar-refractivity contribution in [3.05, 3.63) is 60.7 Å². The largest absolute Gasteiger partial charge is 1.00 e. The molecule has 0 spiro atoms. The molecule has 0 atom stereocenters. The number of rotatable bonds is 8. The summed E-state index contributed by atoms with van der Waals surface area (Å²) < 4.78 is 15.2. The molecule has 4 rings (SSSR count). The SMILES string of the molecule is C1CCOC1.C1CCOC1.CCC[N]([Hf+2][N](CCC)c1ccccc1)c1ccccc1.[F-].[F-]. The second kappa shape index (κ2) is 21.2. The van der Waals surface area contributed by atoms with Gasteiger partial charge >= 0.3 is 141 Å². The van der Waals surface area contributed by atoms with Gasteiger partial charge in [-0.15, -0.1) is 0 Å². The Bertz CT molecular complexity index is 587. The van der Waals surface area contributed by atoms with Gasteiger partial charge in [0.2, 0.25) is 0 Å². The molecule has 0 aromatic heterocycles. The fourth-order valence-electron chi connectivity index (χ4n) is 3.30. The van der Waals surface area contributed by atoms with E-state index in [1.807, 2.05) is 0 Å². The van der Waals surface area contributed by atoms with Crippen molar-refractivity contribution in [3.8, 4) is 0 Å². The molecule has 0 amide bonds. The van der Waals surface area contributed by atoms with E-state index in [9.17, 15) is 0 Å². The topological polar surface area (TPSA) is 24.9 Å². The number of hydrogen-bond acceptors (Lipinski definition) is 4. The van der Waals surface area contributed by atoms with Gasteiger partial charge in [0.15, 0.2) is 0 Å². The van der Waals surface area contributed by atoms with Crippen molar-refractivity contribution in [2.24, 2.45) is 0 Å². The van der Waals surface area contributed by atoms with Crippen molar-refractivity contribution in [2.75, 3.05) is 45.3 Å². The molecule has 2 heterocycles. The molecule has 0 bridgehead atoms. The maximum Gasteiger partial charge on any atom is -1.00 e. The maximum atomic E-state index is 4.94. The van der Waals surface area contributed by atoms with Crippen LogP contribution in [0.25, 0.3) is 0 Å².